The molecule has 0 saturated carbocycles. The lowest BCUT2D eigenvalue weighted by Gasteiger charge is -2.13. The lowest BCUT2D eigenvalue weighted by molar-refractivity contribution is 0.628. The highest BCUT2D eigenvalue weighted by Gasteiger charge is 2.13. The van der Waals surface area contributed by atoms with Crippen LogP contribution >= 0.6 is 0 Å². The molecule has 0 bridgehead atoms. The van der Waals surface area contributed by atoms with E-state index in [1.165, 1.54) is 5.57 Å². The molecular weight excluding hydrogens is 227 g/mol. The highest BCUT2D eigenvalue weighted by molar-refractivity contribution is 5.94. The normalized spacial score (nSPS) is 16.0. The van der Waals surface area contributed by atoms with Crippen molar-refractivity contribution in [3.8, 4) is 0 Å². The SMILES string of the molecule is CCc1cc(F)cc2c(C3=CCCNC3)c[nH]c12. The van der Waals surface area contributed by atoms with E-state index in [0.29, 0.717) is 0 Å². The monoisotopic (exact) mass is 244 g/mol. The van der Waals surface area contributed by atoms with Crippen molar-refractivity contribution in [1.29, 1.82) is 0 Å². The van der Waals surface area contributed by atoms with Gasteiger partial charge in [-0.2, -0.15) is 0 Å². The molecule has 0 amide bonds. The lowest BCUT2D eigenvalue weighted by Crippen LogP contribution is -2.21. The number of H-pyrrole nitrogens is 1. The minimum absolute atomic E-state index is 0.149. The number of rotatable bonds is 2. The molecular formula is C15H17FN2. The Morgan fingerprint density at radius 3 is 2.94 bits per heavy atom. The number of nitrogens with one attached hydrogen (secondary N) is 2. The lowest BCUT2D eigenvalue weighted by atomic mass is 9.99. The van der Waals surface area contributed by atoms with Crippen molar-refractivity contribution < 1.29 is 4.39 Å². The van der Waals surface area contributed by atoms with Gasteiger partial charge in [-0.15, -0.1) is 0 Å². The Labute approximate surface area is 106 Å². The molecule has 1 aromatic heterocycles. The van der Waals surface area contributed by atoms with Crippen molar-refractivity contribution in [1.82, 2.24) is 10.3 Å². The smallest absolute Gasteiger partial charge is 0.124 e. The molecule has 1 aliphatic rings. The van der Waals surface area contributed by atoms with Crippen LogP contribution in [0.3, 0.4) is 0 Å². The second kappa shape index (κ2) is 4.58. The number of fused-ring (bicyclic) bond motifs is 1. The number of hydrogen-bond acceptors (Lipinski definition) is 1. The highest BCUT2D eigenvalue weighted by Crippen LogP contribution is 2.29. The van der Waals surface area contributed by atoms with Crippen molar-refractivity contribution in [2.75, 3.05) is 13.1 Å². The van der Waals surface area contributed by atoms with Crippen LogP contribution in [0.1, 0.15) is 24.5 Å². The summed E-state index contributed by atoms with van der Waals surface area (Å²) >= 11 is 0. The number of benzene rings is 1. The minimum atomic E-state index is -0.149. The van der Waals surface area contributed by atoms with Gasteiger partial charge in [-0.05, 0) is 42.7 Å². The van der Waals surface area contributed by atoms with E-state index in [4.69, 9.17) is 0 Å². The maximum Gasteiger partial charge on any atom is 0.124 e. The Morgan fingerprint density at radius 1 is 1.33 bits per heavy atom. The van der Waals surface area contributed by atoms with E-state index >= 15 is 0 Å². The van der Waals surface area contributed by atoms with Crippen molar-refractivity contribution in [2.45, 2.75) is 19.8 Å². The van der Waals surface area contributed by atoms with E-state index in [1.807, 2.05) is 6.20 Å². The van der Waals surface area contributed by atoms with Gasteiger partial charge in [0.15, 0.2) is 0 Å². The summed E-state index contributed by atoms with van der Waals surface area (Å²) < 4.78 is 13.7. The van der Waals surface area contributed by atoms with Gasteiger partial charge in [-0.3, -0.25) is 0 Å². The molecule has 2 nitrogen and oxygen atoms in total. The molecule has 18 heavy (non-hydrogen) atoms. The Bertz CT molecular complexity index is 610. The van der Waals surface area contributed by atoms with E-state index < -0.39 is 0 Å². The predicted octanol–water partition coefficient (Wildman–Crippen LogP) is 3.25. The van der Waals surface area contributed by atoms with Crippen LogP contribution in [0.25, 0.3) is 16.5 Å². The molecule has 0 aliphatic carbocycles. The molecule has 0 spiro atoms. The molecule has 1 aromatic carbocycles. The fourth-order valence-corrected chi connectivity index (χ4v) is 2.66. The molecule has 2 heterocycles. The molecule has 0 saturated heterocycles. The van der Waals surface area contributed by atoms with Gasteiger partial charge >= 0.3 is 0 Å². The van der Waals surface area contributed by atoms with Crippen molar-refractivity contribution >= 4 is 16.5 Å². The number of halogens is 1. The number of hydrogen-bond donors (Lipinski definition) is 2. The van der Waals surface area contributed by atoms with Gasteiger partial charge in [0.05, 0.1) is 0 Å². The maximum absolute atomic E-state index is 13.7. The zero-order chi connectivity index (χ0) is 12.5. The molecule has 0 unspecified atom stereocenters. The van der Waals surface area contributed by atoms with Crippen molar-refractivity contribution in [2.24, 2.45) is 0 Å². The van der Waals surface area contributed by atoms with E-state index in [0.717, 1.165) is 48.0 Å². The molecule has 0 radical (unpaired) electrons. The van der Waals surface area contributed by atoms with E-state index in [1.54, 1.807) is 12.1 Å². The van der Waals surface area contributed by atoms with Crippen LogP contribution in [0, 0.1) is 5.82 Å². The summed E-state index contributed by atoms with van der Waals surface area (Å²) in [4.78, 5) is 3.30. The first-order chi connectivity index (χ1) is 8.79. The van der Waals surface area contributed by atoms with E-state index in [9.17, 15) is 4.39 Å². The Hall–Kier alpha value is -1.61. The standard InChI is InChI=1S/C15H17FN2/c1-2-10-6-12(16)7-13-14(9-18-15(10)13)11-4-3-5-17-8-11/h4,6-7,9,17-18H,2-3,5,8H2,1H3. The first-order valence-electron chi connectivity index (χ1n) is 6.49. The van der Waals surface area contributed by atoms with Gasteiger partial charge in [0.1, 0.15) is 5.82 Å². The molecule has 94 valence electrons. The van der Waals surface area contributed by atoms with E-state index in [-0.39, 0.29) is 5.82 Å². The molecule has 3 heteroatoms. The summed E-state index contributed by atoms with van der Waals surface area (Å²) in [7, 11) is 0. The third-order valence-corrected chi connectivity index (χ3v) is 3.59. The van der Waals surface area contributed by atoms with Gasteiger partial charge < -0.3 is 10.3 Å². The van der Waals surface area contributed by atoms with Gasteiger partial charge in [0, 0.05) is 29.2 Å². The summed E-state index contributed by atoms with van der Waals surface area (Å²) in [5.41, 5.74) is 4.51. The average molecular weight is 244 g/mol. The predicted molar refractivity (Wildman–Crippen MR) is 73.1 cm³/mol. The van der Waals surface area contributed by atoms with Crippen molar-refractivity contribution in [3.05, 3.63) is 41.3 Å². The molecule has 1 aliphatic heterocycles. The van der Waals surface area contributed by atoms with Crippen LogP contribution < -0.4 is 5.32 Å². The zero-order valence-electron chi connectivity index (χ0n) is 10.5. The van der Waals surface area contributed by atoms with Gasteiger partial charge in [-0.1, -0.05) is 13.0 Å². The largest absolute Gasteiger partial charge is 0.360 e. The van der Waals surface area contributed by atoms with Crippen LogP contribution in [0.15, 0.2) is 24.4 Å². The number of aryl methyl sites for hydroxylation is 1. The third-order valence-electron chi connectivity index (χ3n) is 3.59. The highest BCUT2D eigenvalue weighted by atomic mass is 19.1. The molecule has 2 aromatic rings. The first-order valence-corrected chi connectivity index (χ1v) is 6.49. The Kier molecular flexibility index (Phi) is 2.92. The molecule has 0 fully saturated rings. The van der Waals surface area contributed by atoms with Crippen molar-refractivity contribution in [3.63, 3.8) is 0 Å². The maximum atomic E-state index is 13.7. The van der Waals surface area contributed by atoms with Crippen LogP contribution in [0.2, 0.25) is 0 Å². The number of aromatic nitrogens is 1. The Balaban J connectivity index is 2.19. The van der Waals surface area contributed by atoms with Crippen LogP contribution in [-0.2, 0) is 6.42 Å². The van der Waals surface area contributed by atoms with Crippen LogP contribution in [-0.4, -0.2) is 18.1 Å². The first kappa shape index (κ1) is 11.5. The van der Waals surface area contributed by atoms with Crippen LogP contribution in [0.5, 0.6) is 0 Å². The summed E-state index contributed by atoms with van der Waals surface area (Å²) in [6.45, 7) is 3.95. The summed E-state index contributed by atoms with van der Waals surface area (Å²) in [6, 6.07) is 3.26. The third kappa shape index (κ3) is 1.85. The molecule has 3 rings (SSSR count). The average Bonchev–Trinajstić information content (AvgIpc) is 2.82. The summed E-state index contributed by atoms with van der Waals surface area (Å²) in [5, 5.41) is 4.36. The zero-order valence-corrected chi connectivity index (χ0v) is 10.5. The second-order valence-corrected chi connectivity index (χ2v) is 4.74. The Morgan fingerprint density at radius 2 is 2.22 bits per heavy atom. The van der Waals surface area contributed by atoms with Crippen LogP contribution in [0.4, 0.5) is 4.39 Å². The quantitative estimate of drug-likeness (QED) is 0.834. The fourth-order valence-electron chi connectivity index (χ4n) is 2.66. The van der Waals surface area contributed by atoms with Gasteiger partial charge in [-0.25, -0.2) is 4.39 Å². The van der Waals surface area contributed by atoms with E-state index in [2.05, 4.69) is 23.3 Å². The summed E-state index contributed by atoms with van der Waals surface area (Å²) in [5.74, 6) is -0.149. The number of aromatic amines is 1. The minimum Gasteiger partial charge on any atom is -0.360 e. The summed E-state index contributed by atoms with van der Waals surface area (Å²) in [6.07, 6.45) is 6.13. The second-order valence-electron chi connectivity index (χ2n) is 4.74. The van der Waals surface area contributed by atoms with Gasteiger partial charge in [0.2, 0.25) is 0 Å². The van der Waals surface area contributed by atoms with Gasteiger partial charge in [0.25, 0.3) is 0 Å². The molecule has 0 atom stereocenters. The topological polar surface area (TPSA) is 27.8 Å². The fraction of sp³-hybridized carbons (Fsp3) is 0.333. The molecule has 2 N–H and O–H groups in total.